The van der Waals surface area contributed by atoms with Gasteiger partial charge in [-0.1, -0.05) is 0 Å². The number of nitrogens with zero attached hydrogens (tertiary/aromatic N) is 1. The van der Waals surface area contributed by atoms with Crippen molar-refractivity contribution in [2.24, 2.45) is 5.92 Å². The first-order valence-electron chi connectivity index (χ1n) is 5.82. The van der Waals surface area contributed by atoms with Crippen LogP contribution in [-0.2, 0) is 4.74 Å². The molecule has 4 nitrogen and oxygen atoms in total. The Morgan fingerprint density at radius 3 is 2.19 bits per heavy atom. The van der Waals surface area contributed by atoms with Gasteiger partial charge in [0.05, 0.1) is 0 Å². The number of nitrogens with one attached hydrogen (secondary N) is 1. The number of carbonyl (C=O) groups is 1. The average molecular weight is 226 g/mol. The predicted molar refractivity (Wildman–Crippen MR) is 63.9 cm³/mol. The standard InChI is InChI=1S/C12H22N2O2/c1-9(13)10-5-7-14(8-6-10)11(15)16-12(2,3)4/h10,13H,5-8H2,1-4H3. The van der Waals surface area contributed by atoms with E-state index in [1.54, 1.807) is 4.90 Å². The summed E-state index contributed by atoms with van der Waals surface area (Å²) < 4.78 is 5.31. The van der Waals surface area contributed by atoms with Gasteiger partial charge < -0.3 is 15.0 Å². The smallest absolute Gasteiger partial charge is 0.410 e. The van der Waals surface area contributed by atoms with Crippen molar-refractivity contribution in [3.8, 4) is 0 Å². The van der Waals surface area contributed by atoms with Crippen LogP contribution >= 0.6 is 0 Å². The summed E-state index contributed by atoms with van der Waals surface area (Å²) >= 11 is 0. The van der Waals surface area contributed by atoms with Gasteiger partial charge >= 0.3 is 6.09 Å². The molecule has 1 saturated heterocycles. The quantitative estimate of drug-likeness (QED) is 0.699. The Balaban J connectivity index is 2.42. The van der Waals surface area contributed by atoms with Crippen LogP contribution in [0, 0.1) is 11.3 Å². The SMILES string of the molecule is CC(=N)C1CCN(C(=O)OC(C)(C)C)CC1. The van der Waals surface area contributed by atoms with E-state index in [9.17, 15) is 4.79 Å². The molecule has 1 N–H and O–H groups in total. The molecule has 0 radical (unpaired) electrons. The molecule has 4 heteroatoms. The molecule has 92 valence electrons. The zero-order valence-corrected chi connectivity index (χ0v) is 10.7. The average Bonchev–Trinajstić information content (AvgIpc) is 2.15. The first-order valence-corrected chi connectivity index (χ1v) is 5.82. The Morgan fingerprint density at radius 1 is 1.31 bits per heavy atom. The number of likely N-dealkylation sites (tertiary alicyclic amines) is 1. The minimum Gasteiger partial charge on any atom is -0.444 e. The zero-order chi connectivity index (χ0) is 12.3. The van der Waals surface area contributed by atoms with E-state index < -0.39 is 5.60 Å². The van der Waals surface area contributed by atoms with Crippen LogP contribution in [0.1, 0.15) is 40.5 Å². The van der Waals surface area contributed by atoms with Gasteiger partial charge in [0.2, 0.25) is 0 Å². The third-order valence-electron chi connectivity index (χ3n) is 2.76. The van der Waals surface area contributed by atoms with Crippen molar-refractivity contribution in [2.45, 2.75) is 46.1 Å². The van der Waals surface area contributed by atoms with Gasteiger partial charge in [-0.3, -0.25) is 0 Å². The molecule has 0 bridgehead atoms. The van der Waals surface area contributed by atoms with Gasteiger partial charge in [0, 0.05) is 18.8 Å². The molecule has 0 saturated carbocycles. The van der Waals surface area contributed by atoms with E-state index in [4.69, 9.17) is 10.1 Å². The fraction of sp³-hybridized carbons (Fsp3) is 0.833. The molecule has 1 fully saturated rings. The molecule has 0 aromatic heterocycles. The summed E-state index contributed by atoms with van der Waals surface area (Å²) in [5.41, 5.74) is 0.301. The van der Waals surface area contributed by atoms with Crippen molar-refractivity contribution < 1.29 is 9.53 Å². The number of ether oxygens (including phenoxy) is 1. The summed E-state index contributed by atoms with van der Waals surface area (Å²) in [6.07, 6.45) is 1.54. The van der Waals surface area contributed by atoms with Crippen LogP contribution in [0.3, 0.4) is 0 Å². The minimum atomic E-state index is -0.425. The first kappa shape index (κ1) is 13.0. The second-order valence-corrected chi connectivity index (χ2v) is 5.42. The molecule has 16 heavy (non-hydrogen) atoms. The van der Waals surface area contributed by atoms with E-state index in [0.29, 0.717) is 19.0 Å². The molecule has 1 amide bonds. The van der Waals surface area contributed by atoms with E-state index >= 15 is 0 Å². The highest BCUT2D eigenvalue weighted by Crippen LogP contribution is 2.20. The summed E-state index contributed by atoms with van der Waals surface area (Å²) in [7, 11) is 0. The molecule has 0 aliphatic carbocycles. The number of amides is 1. The Hall–Kier alpha value is -1.06. The Bertz CT molecular complexity index is 273. The summed E-state index contributed by atoms with van der Waals surface area (Å²) in [5.74, 6) is 0.346. The monoisotopic (exact) mass is 226 g/mol. The van der Waals surface area contributed by atoms with Crippen LogP contribution in [0.15, 0.2) is 0 Å². The summed E-state index contributed by atoms with van der Waals surface area (Å²) in [5, 5.41) is 7.57. The fourth-order valence-corrected chi connectivity index (χ4v) is 1.82. The van der Waals surface area contributed by atoms with Gasteiger partial charge in [0.25, 0.3) is 0 Å². The topological polar surface area (TPSA) is 53.4 Å². The number of carbonyl (C=O) groups excluding carboxylic acids is 1. The third-order valence-corrected chi connectivity index (χ3v) is 2.76. The van der Waals surface area contributed by atoms with Crippen molar-refractivity contribution in [1.29, 1.82) is 5.41 Å². The lowest BCUT2D eigenvalue weighted by atomic mass is 9.93. The lowest BCUT2D eigenvalue weighted by Crippen LogP contribution is -2.42. The van der Waals surface area contributed by atoms with Crippen LogP contribution in [0.2, 0.25) is 0 Å². The predicted octanol–water partition coefficient (Wildman–Crippen LogP) is 2.67. The molecule has 1 aliphatic heterocycles. The van der Waals surface area contributed by atoms with Gasteiger partial charge in [-0.25, -0.2) is 4.79 Å². The molecule has 1 aliphatic rings. The van der Waals surface area contributed by atoms with Crippen LogP contribution in [0.4, 0.5) is 4.79 Å². The first-order chi connectivity index (χ1) is 7.29. The normalized spacial score (nSPS) is 18.4. The maximum Gasteiger partial charge on any atom is 0.410 e. The molecule has 1 rings (SSSR count). The van der Waals surface area contributed by atoms with Crippen LogP contribution in [0.25, 0.3) is 0 Å². The van der Waals surface area contributed by atoms with E-state index in [1.165, 1.54) is 0 Å². The van der Waals surface area contributed by atoms with Gasteiger partial charge in [-0.15, -0.1) is 0 Å². The highest BCUT2D eigenvalue weighted by Gasteiger charge is 2.27. The van der Waals surface area contributed by atoms with Crippen LogP contribution < -0.4 is 0 Å². The number of piperidine rings is 1. The van der Waals surface area contributed by atoms with E-state index in [-0.39, 0.29) is 6.09 Å². The summed E-state index contributed by atoms with van der Waals surface area (Å²) in [6.45, 7) is 8.87. The van der Waals surface area contributed by atoms with E-state index in [1.807, 2.05) is 27.7 Å². The second kappa shape index (κ2) is 4.85. The van der Waals surface area contributed by atoms with Gasteiger partial charge in [0.1, 0.15) is 5.60 Å². The van der Waals surface area contributed by atoms with Crippen LogP contribution in [0.5, 0.6) is 0 Å². The highest BCUT2D eigenvalue weighted by atomic mass is 16.6. The van der Waals surface area contributed by atoms with Crippen molar-refractivity contribution in [3.63, 3.8) is 0 Å². The molecular weight excluding hydrogens is 204 g/mol. The third kappa shape index (κ3) is 3.83. The molecule has 0 aromatic rings. The largest absolute Gasteiger partial charge is 0.444 e. The molecule has 0 spiro atoms. The maximum absolute atomic E-state index is 11.7. The number of rotatable bonds is 1. The lowest BCUT2D eigenvalue weighted by Gasteiger charge is -2.33. The van der Waals surface area contributed by atoms with Gasteiger partial charge in [-0.2, -0.15) is 0 Å². The van der Waals surface area contributed by atoms with Crippen molar-refractivity contribution in [1.82, 2.24) is 4.90 Å². The summed E-state index contributed by atoms with van der Waals surface area (Å²) in [6, 6.07) is 0. The van der Waals surface area contributed by atoms with E-state index in [2.05, 4.69) is 0 Å². The fourth-order valence-electron chi connectivity index (χ4n) is 1.82. The maximum atomic E-state index is 11.7. The van der Waals surface area contributed by atoms with Gasteiger partial charge in [-0.05, 0) is 46.5 Å². The second-order valence-electron chi connectivity index (χ2n) is 5.42. The molecule has 0 atom stereocenters. The molecule has 1 heterocycles. The van der Waals surface area contributed by atoms with E-state index in [0.717, 1.165) is 18.6 Å². The molecule has 0 unspecified atom stereocenters. The highest BCUT2D eigenvalue weighted by molar-refractivity contribution is 5.81. The summed E-state index contributed by atoms with van der Waals surface area (Å²) in [4.78, 5) is 13.5. The molecule has 0 aromatic carbocycles. The number of hydrogen-bond acceptors (Lipinski definition) is 3. The lowest BCUT2D eigenvalue weighted by molar-refractivity contribution is 0.0201. The van der Waals surface area contributed by atoms with Crippen molar-refractivity contribution >= 4 is 11.8 Å². The van der Waals surface area contributed by atoms with Gasteiger partial charge in [0.15, 0.2) is 0 Å². The molecular formula is C12H22N2O2. The Morgan fingerprint density at radius 2 is 1.81 bits per heavy atom. The Labute approximate surface area is 97.5 Å². The minimum absolute atomic E-state index is 0.228. The van der Waals surface area contributed by atoms with Crippen LogP contribution in [-0.4, -0.2) is 35.4 Å². The number of hydrogen-bond donors (Lipinski definition) is 1. The van der Waals surface area contributed by atoms with Crippen molar-refractivity contribution in [2.75, 3.05) is 13.1 Å². The van der Waals surface area contributed by atoms with Crippen molar-refractivity contribution in [3.05, 3.63) is 0 Å². The zero-order valence-electron chi connectivity index (χ0n) is 10.7. The Kier molecular flexibility index (Phi) is 3.94.